The number of carbonyl (C=O) groups excluding carboxylic acids is 1. The van der Waals surface area contributed by atoms with Gasteiger partial charge in [-0.25, -0.2) is 0 Å². The van der Waals surface area contributed by atoms with Gasteiger partial charge in [-0.3, -0.25) is 4.79 Å². The Morgan fingerprint density at radius 2 is 1.61 bits per heavy atom. The van der Waals surface area contributed by atoms with Crippen molar-refractivity contribution < 1.29 is 31.1 Å². The molecule has 1 aromatic carbocycles. The quantitative estimate of drug-likeness (QED) is 0.519. The van der Waals surface area contributed by atoms with Gasteiger partial charge in [-0.2, -0.15) is 26.3 Å². The van der Waals surface area contributed by atoms with Crippen molar-refractivity contribution >= 4 is 33.3 Å². The summed E-state index contributed by atoms with van der Waals surface area (Å²) in [4.78, 5) is 10.9. The third kappa shape index (κ3) is 3.17. The van der Waals surface area contributed by atoms with E-state index in [4.69, 9.17) is 11.6 Å². The number of carbonyl (C=O) groups is 1. The van der Waals surface area contributed by atoms with Gasteiger partial charge in [0.25, 0.3) is 5.78 Å². The normalized spacial score (nSPS) is 12.7. The van der Waals surface area contributed by atoms with Crippen LogP contribution in [-0.4, -0.2) is 12.0 Å². The molecule has 0 fully saturated rings. The SMILES string of the molecule is O=C(c1cc(C(F)(F)F)cc(Cl)c1Br)C(F)(F)F. The molecule has 18 heavy (non-hydrogen) atoms. The number of halogens is 8. The molecule has 0 unspecified atom stereocenters. The molecular formula is C9H2BrClF6O. The van der Waals surface area contributed by atoms with Gasteiger partial charge < -0.3 is 0 Å². The summed E-state index contributed by atoms with van der Waals surface area (Å²) in [5.41, 5.74) is -2.61. The molecule has 1 nitrogen and oxygen atoms in total. The summed E-state index contributed by atoms with van der Waals surface area (Å²) in [6.07, 6.45) is -10.2. The Balaban J connectivity index is 3.46. The van der Waals surface area contributed by atoms with Crippen molar-refractivity contribution in [3.05, 3.63) is 32.8 Å². The van der Waals surface area contributed by atoms with Gasteiger partial charge in [0.2, 0.25) is 0 Å². The molecule has 0 aliphatic carbocycles. The Labute approximate surface area is 110 Å². The summed E-state index contributed by atoms with van der Waals surface area (Å²) in [6.45, 7) is 0. The maximum Gasteiger partial charge on any atom is 0.454 e. The van der Waals surface area contributed by atoms with E-state index in [1.807, 2.05) is 0 Å². The Kier molecular flexibility index (Phi) is 4.02. The Morgan fingerprint density at radius 1 is 1.11 bits per heavy atom. The molecule has 0 aromatic heterocycles. The van der Waals surface area contributed by atoms with Crippen LogP contribution in [-0.2, 0) is 6.18 Å². The fourth-order valence-corrected chi connectivity index (χ4v) is 1.70. The lowest BCUT2D eigenvalue weighted by atomic mass is 10.1. The topological polar surface area (TPSA) is 17.1 Å². The monoisotopic (exact) mass is 354 g/mol. The fourth-order valence-electron chi connectivity index (χ4n) is 1.07. The Morgan fingerprint density at radius 3 is 2.00 bits per heavy atom. The smallest absolute Gasteiger partial charge is 0.284 e. The highest BCUT2D eigenvalue weighted by Gasteiger charge is 2.42. The zero-order chi connectivity index (χ0) is 14.3. The first kappa shape index (κ1) is 15.3. The predicted octanol–water partition coefficient (Wildman–Crippen LogP) is 4.87. The lowest BCUT2D eigenvalue weighted by molar-refractivity contribution is -0.137. The number of ketones is 1. The van der Waals surface area contributed by atoms with Gasteiger partial charge in [0.15, 0.2) is 0 Å². The largest absolute Gasteiger partial charge is 0.454 e. The van der Waals surface area contributed by atoms with E-state index in [0.29, 0.717) is 6.07 Å². The summed E-state index contributed by atoms with van der Waals surface area (Å²) in [5.74, 6) is -2.40. The van der Waals surface area contributed by atoms with E-state index >= 15 is 0 Å². The molecule has 0 saturated heterocycles. The maximum absolute atomic E-state index is 12.4. The van der Waals surface area contributed by atoms with Crippen LogP contribution in [0.4, 0.5) is 26.3 Å². The van der Waals surface area contributed by atoms with Gasteiger partial charge >= 0.3 is 12.4 Å². The highest BCUT2D eigenvalue weighted by molar-refractivity contribution is 9.10. The first-order chi connectivity index (χ1) is 7.94. The minimum absolute atomic E-state index is 0.103. The van der Waals surface area contributed by atoms with Crippen molar-refractivity contribution in [1.29, 1.82) is 0 Å². The number of Topliss-reactive ketones (excluding diaryl/α,β-unsaturated/α-hetero) is 1. The lowest BCUT2D eigenvalue weighted by Gasteiger charge is -2.12. The molecule has 0 spiro atoms. The van der Waals surface area contributed by atoms with E-state index in [0.717, 1.165) is 0 Å². The van der Waals surface area contributed by atoms with Gasteiger partial charge in [-0.1, -0.05) is 11.6 Å². The van der Waals surface area contributed by atoms with Crippen LogP contribution in [0, 0.1) is 0 Å². The van der Waals surface area contributed by atoms with Crippen LogP contribution < -0.4 is 0 Å². The molecule has 0 aliphatic heterocycles. The zero-order valence-corrected chi connectivity index (χ0v) is 10.4. The second-order valence-corrected chi connectivity index (χ2v) is 4.34. The number of alkyl halides is 6. The Bertz CT molecular complexity index is 493. The third-order valence-electron chi connectivity index (χ3n) is 1.86. The van der Waals surface area contributed by atoms with Crippen LogP contribution in [0.5, 0.6) is 0 Å². The average molecular weight is 355 g/mol. The van der Waals surface area contributed by atoms with Crippen LogP contribution >= 0.6 is 27.5 Å². The van der Waals surface area contributed by atoms with Crippen molar-refractivity contribution in [2.75, 3.05) is 0 Å². The molecule has 0 aliphatic rings. The van der Waals surface area contributed by atoms with Crippen LogP contribution in [0.2, 0.25) is 5.02 Å². The van der Waals surface area contributed by atoms with Crippen LogP contribution in [0.15, 0.2) is 16.6 Å². The van der Waals surface area contributed by atoms with Crippen molar-refractivity contribution in [3.8, 4) is 0 Å². The van der Waals surface area contributed by atoms with Gasteiger partial charge in [-0.05, 0) is 28.1 Å². The second-order valence-electron chi connectivity index (χ2n) is 3.14. The van der Waals surface area contributed by atoms with Crippen molar-refractivity contribution in [2.45, 2.75) is 12.4 Å². The van der Waals surface area contributed by atoms with Crippen LogP contribution in [0.3, 0.4) is 0 Å². The number of hydrogen-bond donors (Lipinski definition) is 0. The van der Waals surface area contributed by atoms with E-state index in [9.17, 15) is 31.1 Å². The highest BCUT2D eigenvalue weighted by Crippen LogP contribution is 2.38. The van der Waals surface area contributed by atoms with Gasteiger partial charge in [0.1, 0.15) is 0 Å². The maximum atomic E-state index is 12.4. The summed E-state index contributed by atoms with van der Waals surface area (Å²) < 4.78 is 73.1. The van der Waals surface area contributed by atoms with E-state index < -0.39 is 38.8 Å². The zero-order valence-electron chi connectivity index (χ0n) is 8.09. The second kappa shape index (κ2) is 4.73. The molecular weight excluding hydrogens is 353 g/mol. The van der Waals surface area contributed by atoms with Crippen molar-refractivity contribution in [3.63, 3.8) is 0 Å². The molecule has 0 bridgehead atoms. The summed E-state index contributed by atoms with van der Waals surface area (Å²) >= 11 is 7.91. The minimum atomic E-state index is -5.28. The molecule has 0 radical (unpaired) electrons. The standard InChI is InChI=1S/C9H2BrClF6O/c10-6-4(7(18)9(15,16)17)1-3(2-5(6)11)8(12,13)14/h1-2H. The first-order valence-electron chi connectivity index (χ1n) is 4.12. The van der Waals surface area contributed by atoms with Gasteiger partial charge in [-0.15, -0.1) is 0 Å². The molecule has 0 amide bonds. The predicted molar refractivity (Wildman–Crippen MR) is 54.5 cm³/mol. The molecule has 100 valence electrons. The van der Waals surface area contributed by atoms with Crippen molar-refractivity contribution in [2.24, 2.45) is 0 Å². The highest BCUT2D eigenvalue weighted by atomic mass is 79.9. The van der Waals surface area contributed by atoms with E-state index in [1.54, 1.807) is 0 Å². The van der Waals surface area contributed by atoms with E-state index in [2.05, 4.69) is 15.9 Å². The minimum Gasteiger partial charge on any atom is -0.284 e. The lowest BCUT2D eigenvalue weighted by Crippen LogP contribution is -2.24. The molecule has 9 heteroatoms. The number of hydrogen-bond acceptors (Lipinski definition) is 1. The molecule has 0 atom stereocenters. The van der Waals surface area contributed by atoms with Crippen molar-refractivity contribution in [1.82, 2.24) is 0 Å². The number of benzene rings is 1. The first-order valence-corrected chi connectivity index (χ1v) is 5.29. The summed E-state index contributed by atoms with van der Waals surface area (Å²) in [7, 11) is 0. The summed E-state index contributed by atoms with van der Waals surface area (Å²) in [5, 5.41) is -0.627. The van der Waals surface area contributed by atoms with Gasteiger partial charge in [0, 0.05) is 10.0 Å². The summed E-state index contributed by atoms with van der Waals surface area (Å²) in [6, 6.07) is 0.532. The average Bonchev–Trinajstić information content (AvgIpc) is 2.17. The van der Waals surface area contributed by atoms with E-state index in [-0.39, 0.29) is 6.07 Å². The molecule has 0 heterocycles. The van der Waals surface area contributed by atoms with Crippen LogP contribution in [0.25, 0.3) is 0 Å². The van der Waals surface area contributed by atoms with Crippen LogP contribution in [0.1, 0.15) is 15.9 Å². The fraction of sp³-hybridized carbons (Fsp3) is 0.222. The molecule has 1 aromatic rings. The molecule has 0 N–H and O–H groups in total. The molecule has 0 saturated carbocycles. The molecule has 1 rings (SSSR count). The van der Waals surface area contributed by atoms with Gasteiger partial charge in [0.05, 0.1) is 10.6 Å². The Hall–Kier alpha value is -0.760. The number of rotatable bonds is 1. The van der Waals surface area contributed by atoms with E-state index in [1.165, 1.54) is 0 Å². The third-order valence-corrected chi connectivity index (χ3v) is 3.24.